The minimum absolute atomic E-state index is 0.0347. The summed E-state index contributed by atoms with van der Waals surface area (Å²) in [6.07, 6.45) is 1.08. The second-order valence-corrected chi connectivity index (χ2v) is 5.78. The molecule has 0 fully saturated rings. The molecule has 0 spiro atoms. The van der Waals surface area contributed by atoms with E-state index in [1.807, 2.05) is 13.0 Å². The molecule has 0 aliphatic heterocycles. The second kappa shape index (κ2) is 7.12. The Morgan fingerprint density at radius 2 is 1.89 bits per heavy atom. The van der Waals surface area contributed by atoms with Crippen LogP contribution in [-0.2, 0) is 0 Å². The zero-order chi connectivity index (χ0) is 19.6. The van der Waals surface area contributed by atoms with Crippen LogP contribution < -0.4 is 11.2 Å². The number of benzene rings is 2. The van der Waals surface area contributed by atoms with E-state index < -0.39 is 23.1 Å². The van der Waals surface area contributed by atoms with Crippen LogP contribution in [-0.4, -0.2) is 31.9 Å². The molecular formula is C19H15N3O5. The van der Waals surface area contributed by atoms with Gasteiger partial charge in [-0.05, 0) is 42.8 Å². The van der Waals surface area contributed by atoms with E-state index in [1.165, 1.54) is 18.2 Å². The number of rotatable bonds is 4. The second-order valence-electron chi connectivity index (χ2n) is 5.78. The maximum atomic E-state index is 12.2. The van der Waals surface area contributed by atoms with E-state index in [1.54, 1.807) is 24.3 Å². The van der Waals surface area contributed by atoms with E-state index in [4.69, 9.17) is 5.11 Å². The highest BCUT2D eigenvalue weighted by molar-refractivity contribution is 5.89. The molecule has 1 aromatic heterocycles. The molecule has 136 valence electrons. The average Bonchev–Trinajstić information content (AvgIpc) is 2.61. The molecule has 0 saturated heterocycles. The number of carboxylic acid groups (broad SMARTS) is 1. The highest BCUT2D eigenvalue weighted by atomic mass is 16.4. The van der Waals surface area contributed by atoms with Crippen molar-refractivity contribution in [3.8, 4) is 11.6 Å². The molecule has 0 bridgehead atoms. The lowest BCUT2D eigenvalue weighted by Crippen LogP contribution is -2.31. The molecule has 0 aliphatic rings. The van der Waals surface area contributed by atoms with Crippen molar-refractivity contribution in [3.63, 3.8) is 0 Å². The van der Waals surface area contributed by atoms with E-state index in [2.05, 4.69) is 9.98 Å². The van der Waals surface area contributed by atoms with E-state index in [0.29, 0.717) is 5.69 Å². The molecule has 27 heavy (non-hydrogen) atoms. The fourth-order valence-corrected chi connectivity index (χ4v) is 2.52. The number of aliphatic imine (C=N–C) groups is 1. The summed E-state index contributed by atoms with van der Waals surface area (Å²) in [7, 11) is 0. The summed E-state index contributed by atoms with van der Waals surface area (Å²) >= 11 is 0. The lowest BCUT2D eigenvalue weighted by atomic mass is 10.2. The van der Waals surface area contributed by atoms with Crippen molar-refractivity contribution in [1.29, 1.82) is 0 Å². The van der Waals surface area contributed by atoms with E-state index in [0.717, 1.165) is 16.3 Å². The minimum atomic E-state index is -1.11. The number of aryl methyl sites for hydroxylation is 1. The van der Waals surface area contributed by atoms with Crippen molar-refractivity contribution in [2.24, 2.45) is 4.99 Å². The Hall–Kier alpha value is -3.94. The van der Waals surface area contributed by atoms with Crippen LogP contribution in [0.4, 0.5) is 5.69 Å². The Balaban J connectivity index is 2.10. The van der Waals surface area contributed by atoms with E-state index in [9.17, 15) is 19.5 Å². The summed E-state index contributed by atoms with van der Waals surface area (Å²) in [6, 6.07) is 12.6. The first-order chi connectivity index (χ1) is 12.9. The maximum absolute atomic E-state index is 12.2. The van der Waals surface area contributed by atoms with Gasteiger partial charge in [0, 0.05) is 6.21 Å². The molecule has 1 heterocycles. The van der Waals surface area contributed by atoms with Gasteiger partial charge in [0.2, 0.25) is 5.88 Å². The third-order valence-corrected chi connectivity index (χ3v) is 3.82. The standard InChI is InChI=1S/C19H15N3O5/c1-11-4-2-7-14(8-11)22-17(24)15(16(23)21-19(22)27)10-20-13-6-3-5-12(9-13)18(25)26/h2-10,24H,1H3,(H,25,26)(H,21,23,27). The Morgan fingerprint density at radius 1 is 1.15 bits per heavy atom. The minimum Gasteiger partial charge on any atom is -0.493 e. The van der Waals surface area contributed by atoms with Gasteiger partial charge in [0.25, 0.3) is 5.56 Å². The van der Waals surface area contributed by atoms with Gasteiger partial charge in [-0.3, -0.25) is 14.8 Å². The van der Waals surface area contributed by atoms with Gasteiger partial charge in [-0.25, -0.2) is 14.2 Å². The molecule has 0 atom stereocenters. The number of carbonyl (C=O) groups is 1. The Kier molecular flexibility index (Phi) is 4.71. The number of hydrogen-bond donors (Lipinski definition) is 3. The first-order valence-electron chi connectivity index (χ1n) is 7.89. The summed E-state index contributed by atoms with van der Waals surface area (Å²) in [5.41, 5.74) is -0.249. The van der Waals surface area contributed by atoms with Gasteiger partial charge < -0.3 is 10.2 Å². The van der Waals surface area contributed by atoms with Crippen LogP contribution in [0.15, 0.2) is 63.1 Å². The molecule has 3 aromatic rings. The zero-order valence-corrected chi connectivity index (χ0v) is 14.2. The largest absolute Gasteiger partial charge is 0.493 e. The molecule has 3 rings (SSSR count). The van der Waals surface area contributed by atoms with Crippen LogP contribution in [0.3, 0.4) is 0 Å². The van der Waals surface area contributed by atoms with Gasteiger partial charge in [0.05, 0.1) is 16.9 Å². The molecule has 0 unspecified atom stereocenters. The van der Waals surface area contributed by atoms with E-state index in [-0.39, 0.29) is 16.8 Å². The highest BCUT2D eigenvalue weighted by Gasteiger charge is 2.14. The lowest BCUT2D eigenvalue weighted by molar-refractivity contribution is 0.0697. The predicted molar refractivity (Wildman–Crippen MR) is 99.7 cm³/mol. The van der Waals surface area contributed by atoms with Crippen molar-refractivity contribution in [2.45, 2.75) is 6.92 Å². The number of hydrogen-bond acceptors (Lipinski definition) is 5. The summed E-state index contributed by atoms with van der Waals surface area (Å²) in [5.74, 6) is -1.67. The molecule has 8 nitrogen and oxygen atoms in total. The number of aromatic amines is 1. The quantitative estimate of drug-likeness (QED) is 0.610. The average molecular weight is 365 g/mol. The third kappa shape index (κ3) is 3.69. The topological polar surface area (TPSA) is 125 Å². The maximum Gasteiger partial charge on any atom is 0.335 e. The molecule has 3 N–H and O–H groups in total. The van der Waals surface area contributed by atoms with Gasteiger partial charge in [0.15, 0.2) is 0 Å². The van der Waals surface area contributed by atoms with Crippen LogP contribution in [0, 0.1) is 6.92 Å². The van der Waals surface area contributed by atoms with Gasteiger partial charge >= 0.3 is 11.7 Å². The van der Waals surface area contributed by atoms with Crippen LogP contribution in [0.5, 0.6) is 5.88 Å². The summed E-state index contributed by atoms with van der Waals surface area (Å²) in [6.45, 7) is 1.83. The summed E-state index contributed by atoms with van der Waals surface area (Å²) in [5, 5.41) is 19.5. The number of nitrogens with one attached hydrogen (secondary N) is 1. The Labute approximate surface area is 152 Å². The van der Waals surface area contributed by atoms with Crippen molar-refractivity contribution < 1.29 is 15.0 Å². The molecular weight excluding hydrogens is 350 g/mol. The Morgan fingerprint density at radius 3 is 2.59 bits per heavy atom. The number of nitrogens with zero attached hydrogens (tertiary/aromatic N) is 2. The normalized spacial score (nSPS) is 11.0. The van der Waals surface area contributed by atoms with Gasteiger partial charge in [-0.1, -0.05) is 18.2 Å². The summed E-state index contributed by atoms with van der Waals surface area (Å²) in [4.78, 5) is 41.4. The van der Waals surface area contributed by atoms with Gasteiger partial charge in [-0.2, -0.15) is 0 Å². The van der Waals surface area contributed by atoms with E-state index >= 15 is 0 Å². The fourth-order valence-electron chi connectivity index (χ4n) is 2.52. The first kappa shape index (κ1) is 17.9. The number of aromatic nitrogens is 2. The van der Waals surface area contributed by atoms with Crippen LogP contribution >= 0.6 is 0 Å². The number of carboxylic acids is 1. The fraction of sp³-hybridized carbons (Fsp3) is 0.0526. The van der Waals surface area contributed by atoms with Crippen LogP contribution in [0.2, 0.25) is 0 Å². The first-order valence-corrected chi connectivity index (χ1v) is 7.89. The summed E-state index contributed by atoms with van der Waals surface area (Å²) < 4.78 is 0.962. The lowest BCUT2D eigenvalue weighted by Gasteiger charge is -2.10. The van der Waals surface area contributed by atoms with Crippen LogP contribution in [0.1, 0.15) is 21.5 Å². The molecule has 8 heteroatoms. The number of aromatic hydroxyl groups is 1. The van der Waals surface area contributed by atoms with Crippen molar-refractivity contribution in [2.75, 3.05) is 0 Å². The molecule has 2 aromatic carbocycles. The predicted octanol–water partition coefficient (Wildman–Crippen LogP) is 1.99. The van der Waals surface area contributed by atoms with Gasteiger partial charge in [-0.15, -0.1) is 0 Å². The SMILES string of the molecule is Cc1cccc(-n2c(O)c(C=Nc3cccc(C(=O)O)c3)c(=O)[nH]c2=O)c1. The zero-order valence-electron chi connectivity index (χ0n) is 14.2. The molecule has 0 aliphatic carbocycles. The molecule has 0 saturated carbocycles. The van der Waals surface area contributed by atoms with Crippen LogP contribution in [0.25, 0.3) is 5.69 Å². The molecule has 0 amide bonds. The monoisotopic (exact) mass is 365 g/mol. The van der Waals surface area contributed by atoms with Crippen molar-refractivity contribution in [3.05, 3.63) is 86.1 Å². The highest BCUT2D eigenvalue weighted by Crippen LogP contribution is 2.18. The number of H-pyrrole nitrogens is 1. The Bertz CT molecular complexity index is 1170. The van der Waals surface area contributed by atoms with Crippen molar-refractivity contribution >= 4 is 17.9 Å². The molecule has 0 radical (unpaired) electrons. The number of aromatic carboxylic acids is 1. The third-order valence-electron chi connectivity index (χ3n) is 3.82. The van der Waals surface area contributed by atoms with Crippen molar-refractivity contribution in [1.82, 2.24) is 9.55 Å². The van der Waals surface area contributed by atoms with Gasteiger partial charge in [0.1, 0.15) is 5.56 Å². The smallest absolute Gasteiger partial charge is 0.335 e.